The first-order valence-electron chi connectivity index (χ1n) is 6.42. The molecule has 2 heterocycles. The van der Waals surface area contributed by atoms with Crippen LogP contribution in [-0.4, -0.2) is 22.3 Å². The molecule has 0 radical (unpaired) electrons. The fraction of sp³-hybridized carbons (Fsp3) is 0.200. The Bertz CT molecular complexity index is 672. The van der Waals surface area contributed by atoms with Gasteiger partial charge in [-0.1, -0.05) is 6.07 Å². The summed E-state index contributed by atoms with van der Waals surface area (Å²) in [4.78, 5) is 18.5. The van der Waals surface area contributed by atoms with E-state index in [9.17, 15) is 9.18 Å². The third-order valence-electron chi connectivity index (χ3n) is 3.50. The van der Waals surface area contributed by atoms with E-state index in [-0.39, 0.29) is 11.6 Å². The first-order valence-corrected chi connectivity index (χ1v) is 6.42. The maximum Gasteiger partial charge on any atom is 0.256 e. The number of halogens is 1. The summed E-state index contributed by atoms with van der Waals surface area (Å²) in [5.74, 6) is -0.607. The Balaban J connectivity index is 1.86. The first-order chi connectivity index (χ1) is 9.65. The number of nitrogens with zero attached hydrogens (tertiary/aromatic N) is 2. The standard InChI is InChI=1S/C15H14FN3O/c16-11-3-4-12(13(17)8-11)15(20)19-7-5-14-10(9-19)2-1-6-18-14/h1-4,6,8H,5,7,9,17H2. The third-order valence-corrected chi connectivity index (χ3v) is 3.50. The molecule has 102 valence electrons. The number of fused-ring (bicyclic) bond motifs is 1. The topological polar surface area (TPSA) is 59.2 Å². The number of anilines is 1. The second kappa shape index (κ2) is 4.92. The highest BCUT2D eigenvalue weighted by Gasteiger charge is 2.23. The van der Waals surface area contributed by atoms with E-state index in [1.54, 1.807) is 11.1 Å². The summed E-state index contributed by atoms with van der Waals surface area (Å²) in [6, 6.07) is 7.69. The summed E-state index contributed by atoms with van der Waals surface area (Å²) in [5.41, 5.74) is 8.32. The summed E-state index contributed by atoms with van der Waals surface area (Å²) < 4.78 is 13.0. The van der Waals surface area contributed by atoms with Gasteiger partial charge in [0.1, 0.15) is 5.82 Å². The molecule has 0 spiro atoms. The fourth-order valence-electron chi connectivity index (χ4n) is 2.44. The number of carbonyl (C=O) groups is 1. The predicted molar refractivity (Wildman–Crippen MR) is 73.5 cm³/mol. The maximum atomic E-state index is 13.0. The zero-order valence-corrected chi connectivity index (χ0v) is 10.8. The summed E-state index contributed by atoms with van der Waals surface area (Å²) >= 11 is 0. The molecule has 3 rings (SSSR count). The van der Waals surface area contributed by atoms with Gasteiger partial charge in [-0.05, 0) is 29.8 Å². The van der Waals surface area contributed by atoms with Crippen LogP contribution >= 0.6 is 0 Å². The van der Waals surface area contributed by atoms with Crippen molar-refractivity contribution in [3.05, 3.63) is 59.2 Å². The van der Waals surface area contributed by atoms with Gasteiger partial charge in [0.15, 0.2) is 0 Å². The zero-order valence-electron chi connectivity index (χ0n) is 10.8. The molecule has 1 aliphatic heterocycles. The minimum atomic E-state index is -0.438. The smallest absolute Gasteiger partial charge is 0.256 e. The number of nitrogens with two attached hydrogens (primary N) is 1. The van der Waals surface area contributed by atoms with Gasteiger partial charge in [-0.25, -0.2) is 4.39 Å². The molecule has 0 bridgehead atoms. The minimum Gasteiger partial charge on any atom is -0.398 e. The molecule has 1 aliphatic rings. The maximum absolute atomic E-state index is 13.0. The lowest BCUT2D eigenvalue weighted by Gasteiger charge is -2.28. The molecule has 0 saturated heterocycles. The number of carbonyl (C=O) groups excluding carboxylic acids is 1. The zero-order chi connectivity index (χ0) is 14.1. The number of rotatable bonds is 1. The molecular formula is C15H14FN3O. The number of amides is 1. The van der Waals surface area contributed by atoms with Gasteiger partial charge < -0.3 is 10.6 Å². The van der Waals surface area contributed by atoms with Crippen molar-refractivity contribution in [3.63, 3.8) is 0 Å². The van der Waals surface area contributed by atoms with Crippen LogP contribution in [0.3, 0.4) is 0 Å². The molecular weight excluding hydrogens is 257 g/mol. The van der Waals surface area contributed by atoms with Crippen LogP contribution in [-0.2, 0) is 13.0 Å². The van der Waals surface area contributed by atoms with Crippen molar-refractivity contribution in [2.45, 2.75) is 13.0 Å². The SMILES string of the molecule is Nc1cc(F)ccc1C(=O)N1CCc2ncccc2C1. The van der Waals surface area contributed by atoms with Crippen molar-refractivity contribution in [1.29, 1.82) is 0 Å². The summed E-state index contributed by atoms with van der Waals surface area (Å²) in [5, 5.41) is 0. The van der Waals surface area contributed by atoms with Gasteiger partial charge in [0, 0.05) is 37.1 Å². The van der Waals surface area contributed by atoms with Crippen molar-refractivity contribution in [2.24, 2.45) is 0 Å². The molecule has 2 aromatic rings. The Morgan fingerprint density at radius 1 is 1.35 bits per heavy atom. The van der Waals surface area contributed by atoms with Crippen molar-refractivity contribution >= 4 is 11.6 Å². The predicted octanol–water partition coefficient (Wildman–Crippen LogP) is 2.00. The van der Waals surface area contributed by atoms with Crippen LogP contribution < -0.4 is 5.73 Å². The van der Waals surface area contributed by atoms with E-state index in [0.29, 0.717) is 18.7 Å². The number of benzene rings is 1. The normalized spacial score (nSPS) is 13.9. The van der Waals surface area contributed by atoms with Crippen LogP contribution in [0.5, 0.6) is 0 Å². The molecule has 4 nitrogen and oxygen atoms in total. The third kappa shape index (κ3) is 2.22. The summed E-state index contributed by atoms with van der Waals surface area (Å²) in [6.45, 7) is 1.11. The Hall–Kier alpha value is -2.43. The molecule has 20 heavy (non-hydrogen) atoms. The lowest BCUT2D eigenvalue weighted by molar-refractivity contribution is 0.0734. The van der Waals surface area contributed by atoms with Crippen LogP contribution in [0.4, 0.5) is 10.1 Å². The van der Waals surface area contributed by atoms with Crippen LogP contribution in [0.25, 0.3) is 0 Å². The molecule has 0 fully saturated rings. The summed E-state index contributed by atoms with van der Waals surface area (Å²) in [6.07, 6.45) is 2.48. The van der Waals surface area contributed by atoms with Crippen LogP contribution in [0.15, 0.2) is 36.5 Å². The molecule has 0 saturated carbocycles. The van der Waals surface area contributed by atoms with E-state index >= 15 is 0 Å². The fourth-order valence-corrected chi connectivity index (χ4v) is 2.44. The lowest BCUT2D eigenvalue weighted by atomic mass is 10.0. The Labute approximate surface area is 116 Å². The molecule has 0 atom stereocenters. The summed E-state index contributed by atoms with van der Waals surface area (Å²) in [7, 11) is 0. The monoisotopic (exact) mass is 271 g/mol. The van der Waals surface area contributed by atoms with Crippen molar-refractivity contribution < 1.29 is 9.18 Å². The molecule has 5 heteroatoms. The molecule has 1 amide bonds. The molecule has 0 unspecified atom stereocenters. The number of pyridine rings is 1. The Kier molecular flexibility index (Phi) is 3.10. The number of aromatic nitrogens is 1. The first kappa shape index (κ1) is 12.6. The van der Waals surface area contributed by atoms with E-state index in [2.05, 4.69) is 4.98 Å². The molecule has 1 aromatic heterocycles. The minimum absolute atomic E-state index is 0.169. The van der Waals surface area contributed by atoms with Gasteiger partial charge in [-0.3, -0.25) is 9.78 Å². The number of hydrogen-bond donors (Lipinski definition) is 1. The number of hydrogen-bond acceptors (Lipinski definition) is 3. The van der Waals surface area contributed by atoms with E-state index < -0.39 is 5.82 Å². The van der Waals surface area contributed by atoms with Gasteiger partial charge in [0.05, 0.1) is 5.56 Å². The van der Waals surface area contributed by atoms with Gasteiger partial charge in [0.2, 0.25) is 0 Å². The highest BCUT2D eigenvalue weighted by atomic mass is 19.1. The lowest BCUT2D eigenvalue weighted by Crippen LogP contribution is -2.36. The second-order valence-electron chi connectivity index (χ2n) is 4.82. The van der Waals surface area contributed by atoms with Gasteiger partial charge in [0.25, 0.3) is 5.91 Å². The van der Waals surface area contributed by atoms with Gasteiger partial charge in [-0.2, -0.15) is 0 Å². The Morgan fingerprint density at radius 2 is 2.20 bits per heavy atom. The average molecular weight is 271 g/mol. The van der Waals surface area contributed by atoms with Crippen molar-refractivity contribution in [2.75, 3.05) is 12.3 Å². The van der Waals surface area contributed by atoms with E-state index in [1.165, 1.54) is 18.2 Å². The van der Waals surface area contributed by atoms with E-state index in [4.69, 9.17) is 5.73 Å². The highest BCUT2D eigenvalue weighted by Crippen LogP contribution is 2.21. The molecule has 1 aromatic carbocycles. The van der Waals surface area contributed by atoms with Crippen LogP contribution in [0.2, 0.25) is 0 Å². The van der Waals surface area contributed by atoms with Crippen LogP contribution in [0.1, 0.15) is 21.6 Å². The van der Waals surface area contributed by atoms with Crippen molar-refractivity contribution in [1.82, 2.24) is 9.88 Å². The highest BCUT2D eigenvalue weighted by molar-refractivity contribution is 5.99. The number of nitrogen functional groups attached to an aromatic ring is 1. The quantitative estimate of drug-likeness (QED) is 0.807. The Morgan fingerprint density at radius 3 is 3.00 bits per heavy atom. The van der Waals surface area contributed by atoms with Gasteiger partial charge in [-0.15, -0.1) is 0 Å². The van der Waals surface area contributed by atoms with Gasteiger partial charge >= 0.3 is 0 Å². The second-order valence-corrected chi connectivity index (χ2v) is 4.82. The van der Waals surface area contributed by atoms with E-state index in [1.807, 2.05) is 12.1 Å². The molecule has 2 N–H and O–H groups in total. The van der Waals surface area contributed by atoms with Crippen molar-refractivity contribution in [3.8, 4) is 0 Å². The van der Waals surface area contributed by atoms with Crippen LogP contribution in [0, 0.1) is 5.82 Å². The average Bonchev–Trinajstić information content (AvgIpc) is 2.46. The molecule has 0 aliphatic carbocycles. The van der Waals surface area contributed by atoms with E-state index in [0.717, 1.165) is 17.7 Å². The largest absolute Gasteiger partial charge is 0.398 e.